The summed E-state index contributed by atoms with van der Waals surface area (Å²) in [6.45, 7) is 3.78. The van der Waals surface area contributed by atoms with Crippen LogP contribution in [-0.4, -0.2) is 11.9 Å². The van der Waals surface area contributed by atoms with E-state index in [2.05, 4.69) is 12.2 Å². The molecule has 0 bridgehead atoms. The van der Waals surface area contributed by atoms with Crippen molar-refractivity contribution in [3.63, 3.8) is 0 Å². The minimum Gasteiger partial charge on any atom is -0.382 e. The van der Waals surface area contributed by atoms with Gasteiger partial charge in [0.25, 0.3) is 0 Å². The molecule has 1 fully saturated rings. The Balaban J connectivity index is 2.16. The van der Waals surface area contributed by atoms with E-state index < -0.39 is 11.7 Å². The summed E-state index contributed by atoms with van der Waals surface area (Å²) in [5, 5.41) is 3.27. The molecule has 0 radical (unpaired) electrons. The van der Waals surface area contributed by atoms with Crippen LogP contribution < -0.4 is 11.1 Å². The maximum atomic E-state index is 13.7. The maximum absolute atomic E-state index is 13.7. The van der Waals surface area contributed by atoms with E-state index in [1.54, 1.807) is 13.0 Å². The summed E-state index contributed by atoms with van der Waals surface area (Å²) in [6.07, 6.45) is 3.67. The fraction of sp³-hybridized carbons (Fsp3) is 0.500. The van der Waals surface area contributed by atoms with Gasteiger partial charge in [-0.15, -0.1) is 0 Å². The van der Waals surface area contributed by atoms with Gasteiger partial charge in [-0.2, -0.15) is 0 Å². The van der Waals surface area contributed by atoms with Crippen LogP contribution in [0.3, 0.4) is 0 Å². The Kier molecular flexibility index (Phi) is 3.55. The summed E-state index contributed by atoms with van der Waals surface area (Å²) < 4.78 is 13.7. The molecule has 0 aromatic heterocycles. The molecule has 0 spiro atoms. The molecule has 4 heteroatoms. The van der Waals surface area contributed by atoms with Gasteiger partial charge in [0.1, 0.15) is 5.82 Å². The van der Waals surface area contributed by atoms with Gasteiger partial charge in [-0.05, 0) is 38.3 Å². The molecule has 1 aromatic rings. The Bertz CT molecular complexity index is 469. The van der Waals surface area contributed by atoms with Crippen molar-refractivity contribution in [1.29, 1.82) is 0 Å². The second-order valence-electron chi connectivity index (χ2n) is 5.22. The molecule has 1 aliphatic rings. The minimum atomic E-state index is -0.605. The molecule has 1 aromatic carbocycles. The topological polar surface area (TPSA) is 55.1 Å². The first-order valence-electron chi connectivity index (χ1n) is 6.34. The molecule has 0 heterocycles. The highest BCUT2D eigenvalue weighted by Crippen LogP contribution is 2.34. The molecule has 2 rings (SSSR count). The Morgan fingerprint density at radius 1 is 1.56 bits per heavy atom. The van der Waals surface area contributed by atoms with Gasteiger partial charge in [0.2, 0.25) is 5.91 Å². The van der Waals surface area contributed by atoms with Gasteiger partial charge >= 0.3 is 0 Å². The average molecular weight is 250 g/mol. The number of nitrogens with two attached hydrogens (primary N) is 1. The highest BCUT2D eigenvalue weighted by Gasteiger charge is 2.24. The molecular weight excluding hydrogens is 231 g/mol. The van der Waals surface area contributed by atoms with Crippen molar-refractivity contribution < 1.29 is 9.18 Å². The molecule has 0 aliphatic heterocycles. The lowest BCUT2D eigenvalue weighted by Crippen LogP contribution is -2.18. The van der Waals surface area contributed by atoms with Crippen molar-refractivity contribution in [2.24, 2.45) is 11.7 Å². The molecule has 98 valence electrons. The predicted octanol–water partition coefficient (Wildman–Crippen LogP) is 2.83. The first-order chi connectivity index (χ1) is 8.47. The largest absolute Gasteiger partial charge is 0.382 e. The van der Waals surface area contributed by atoms with Gasteiger partial charge in [0.15, 0.2) is 0 Å². The smallest absolute Gasteiger partial charge is 0.248 e. The van der Waals surface area contributed by atoms with Gasteiger partial charge in [0, 0.05) is 22.9 Å². The molecule has 1 atom stereocenters. The van der Waals surface area contributed by atoms with Gasteiger partial charge in [-0.3, -0.25) is 4.79 Å². The zero-order chi connectivity index (χ0) is 13.3. The lowest BCUT2D eigenvalue weighted by molar-refractivity contribution is 0.1000. The zero-order valence-electron chi connectivity index (χ0n) is 10.8. The second kappa shape index (κ2) is 4.96. The van der Waals surface area contributed by atoms with E-state index in [1.165, 1.54) is 18.9 Å². The van der Waals surface area contributed by atoms with Gasteiger partial charge < -0.3 is 11.1 Å². The van der Waals surface area contributed by atoms with E-state index in [1.807, 2.05) is 0 Å². The highest BCUT2D eigenvalue weighted by molar-refractivity contribution is 5.94. The fourth-order valence-electron chi connectivity index (χ4n) is 2.15. The number of hydrogen-bond donors (Lipinski definition) is 2. The van der Waals surface area contributed by atoms with E-state index in [-0.39, 0.29) is 11.6 Å². The van der Waals surface area contributed by atoms with Crippen LogP contribution >= 0.6 is 0 Å². The standard InChI is InChI=1S/C14H19FN2O/c1-8(5-10-3-4-10)17-13-7-11(14(16)18)6-12(15)9(13)2/h6-8,10,17H,3-5H2,1-2H3,(H2,16,18). The molecule has 1 amide bonds. The summed E-state index contributed by atoms with van der Waals surface area (Å²) in [4.78, 5) is 11.1. The molecule has 3 N–H and O–H groups in total. The van der Waals surface area contributed by atoms with Crippen molar-refractivity contribution in [3.05, 3.63) is 29.1 Å². The zero-order valence-corrected chi connectivity index (χ0v) is 10.8. The Morgan fingerprint density at radius 2 is 2.22 bits per heavy atom. The third-order valence-corrected chi connectivity index (χ3v) is 3.41. The number of carbonyl (C=O) groups is 1. The summed E-state index contributed by atoms with van der Waals surface area (Å²) in [5.41, 5.74) is 6.59. The lowest BCUT2D eigenvalue weighted by Gasteiger charge is -2.17. The van der Waals surface area contributed by atoms with Crippen LogP contribution in [0, 0.1) is 18.7 Å². The molecular formula is C14H19FN2O. The first kappa shape index (κ1) is 12.9. The van der Waals surface area contributed by atoms with Crippen LogP contribution in [0.25, 0.3) is 0 Å². The first-order valence-corrected chi connectivity index (χ1v) is 6.34. The number of benzene rings is 1. The SMILES string of the molecule is Cc1c(F)cc(C(N)=O)cc1NC(C)CC1CC1. The molecule has 18 heavy (non-hydrogen) atoms. The van der Waals surface area contributed by atoms with Crippen LogP contribution in [-0.2, 0) is 0 Å². The van der Waals surface area contributed by atoms with Crippen molar-refractivity contribution in [2.45, 2.75) is 39.2 Å². The van der Waals surface area contributed by atoms with Crippen molar-refractivity contribution in [3.8, 4) is 0 Å². The summed E-state index contributed by atoms with van der Waals surface area (Å²) in [5.74, 6) is -0.198. The quantitative estimate of drug-likeness (QED) is 0.844. The normalized spacial score (nSPS) is 16.4. The van der Waals surface area contributed by atoms with Gasteiger partial charge in [-0.25, -0.2) is 4.39 Å². The third-order valence-electron chi connectivity index (χ3n) is 3.41. The number of rotatable bonds is 5. The third kappa shape index (κ3) is 3.00. The summed E-state index contributed by atoms with van der Waals surface area (Å²) in [7, 11) is 0. The van der Waals surface area contributed by atoms with E-state index in [4.69, 9.17) is 5.73 Å². The minimum absolute atomic E-state index is 0.208. The van der Waals surface area contributed by atoms with E-state index in [9.17, 15) is 9.18 Å². The number of anilines is 1. The van der Waals surface area contributed by atoms with Gasteiger partial charge in [-0.1, -0.05) is 12.8 Å². The Hall–Kier alpha value is -1.58. The number of carbonyl (C=O) groups excluding carboxylic acids is 1. The Morgan fingerprint density at radius 3 is 2.78 bits per heavy atom. The Labute approximate surface area is 107 Å². The van der Waals surface area contributed by atoms with Gasteiger partial charge in [0.05, 0.1) is 0 Å². The summed E-state index contributed by atoms with van der Waals surface area (Å²) in [6, 6.07) is 3.09. The van der Waals surface area contributed by atoms with Crippen LogP contribution in [0.2, 0.25) is 0 Å². The number of primary amides is 1. The van der Waals surface area contributed by atoms with E-state index >= 15 is 0 Å². The molecule has 1 saturated carbocycles. The summed E-state index contributed by atoms with van der Waals surface area (Å²) >= 11 is 0. The number of halogens is 1. The molecule has 3 nitrogen and oxygen atoms in total. The van der Waals surface area contributed by atoms with E-state index in [0.29, 0.717) is 11.3 Å². The number of nitrogens with one attached hydrogen (secondary N) is 1. The molecule has 1 aliphatic carbocycles. The molecule has 1 unspecified atom stereocenters. The second-order valence-corrected chi connectivity index (χ2v) is 5.22. The highest BCUT2D eigenvalue weighted by atomic mass is 19.1. The fourth-order valence-corrected chi connectivity index (χ4v) is 2.15. The monoisotopic (exact) mass is 250 g/mol. The maximum Gasteiger partial charge on any atom is 0.248 e. The number of amides is 1. The average Bonchev–Trinajstić information content (AvgIpc) is 3.07. The lowest BCUT2D eigenvalue weighted by atomic mass is 10.1. The van der Waals surface area contributed by atoms with Crippen LogP contribution in [0.15, 0.2) is 12.1 Å². The molecule has 0 saturated heterocycles. The van der Waals surface area contributed by atoms with Crippen LogP contribution in [0.5, 0.6) is 0 Å². The van der Waals surface area contributed by atoms with E-state index in [0.717, 1.165) is 12.3 Å². The van der Waals surface area contributed by atoms with Crippen LogP contribution in [0.4, 0.5) is 10.1 Å². The number of hydrogen-bond acceptors (Lipinski definition) is 2. The van der Waals surface area contributed by atoms with Crippen molar-refractivity contribution in [2.75, 3.05) is 5.32 Å². The van der Waals surface area contributed by atoms with Crippen molar-refractivity contribution in [1.82, 2.24) is 0 Å². The van der Waals surface area contributed by atoms with Crippen LogP contribution in [0.1, 0.15) is 42.1 Å². The predicted molar refractivity (Wildman–Crippen MR) is 70.1 cm³/mol. The van der Waals surface area contributed by atoms with Crippen molar-refractivity contribution >= 4 is 11.6 Å².